The van der Waals surface area contributed by atoms with Gasteiger partial charge >= 0.3 is 0 Å². The number of hydrogen-bond acceptors (Lipinski definition) is 0. The molecule has 0 radical (unpaired) electrons. The summed E-state index contributed by atoms with van der Waals surface area (Å²) in [4.78, 5) is 0. The summed E-state index contributed by atoms with van der Waals surface area (Å²) < 4.78 is 0. The zero-order valence-corrected chi connectivity index (χ0v) is 22.1. The average molecular weight is 512 g/mol. The Balaban J connectivity index is 1.85. The van der Waals surface area contributed by atoms with Crippen LogP contribution in [-0.4, -0.2) is 14.8 Å². The van der Waals surface area contributed by atoms with Crippen LogP contribution in [0, 0.1) is 0 Å². The fourth-order valence-corrected chi connectivity index (χ4v) is 14.9. The summed E-state index contributed by atoms with van der Waals surface area (Å²) in [6.45, 7) is 0. The predicted octanol–water partition coefficient (Wildman–Crippen LogP) is 4.10. The molecule has 0 saturated carbocycles. The maximum atomic E-state index is 7.90. The molecule has 0 bridgehead atoms. The van der Waals surface area contributed by atoms with E-state index in [2.05, 4.69) is 121 Å². The molecule has 4 heteroatoms. The van der Waals surface area contributed by atoms with Crippen LogP contribution in [0.4, 0.5) is 0 Å². The van der Waals surface area contributed by atoms with Gasteiger partial charge < -0.3 is 0 Å². The molecule has 0 fully saturated rings. The zero-order valence-electron chi connectivity index (χ0n) is 18.6. The summed E-state index contributed by atoms with van der Waals surface area (Å²) in [6, 6.07) is 50.6. The molecular formula is C30H24Cl2Si2. The molecule has 0 aromatic heterocycles. The van der Waals surface area contributed by atoms with E-state index in [-0.39, 0.29) is 0 Å². The van der Waals surface area contributed by atoms with Crippen molar-refractivity contribution in [3.05, 3.63) is 146 Å². The first-order chi connectivity index (χ1) is 16.6. The number of rotatable bonds is 6. The number of halogens is 2. The Labute approximate surface area is 212 Å². The van der Waals surface area contributed by atoms with Crippen molar-refractivity contribution in [3.8, 4) is 0 Å². The SMILES string of the molecule is Cl[Si](c1ccccc1)(c1ccccc1)c1ccccc1[Si](Cl)(c1ccccc1)c1ccccc1. The summed E-state index contributed by atoms with van der Waals surface area (Å²) in [5.74, 6) is 0. The fraction of sp³-hybridized carbons (Fsp3) is 0. The fourth-order valence-electron chi connectivity index (χ4n) is 4.71. The smallest absolute Gasteiger partial charge is 0.149 e. The molecule has 0 aliphatic carbocycles. The maximum absolute atomic E-state index is 7.90. The Bertz CT molecular complexity index is 1170. The summed E-state index contributed by atoms with van der Waals surface area (Å²) in [7, 11) is -5.75. The molecule has 34 heavy (non-hydrogen) atoms. The topological polar surface area (TPSA) is 0 Å². The molecule has 0 aliphatic heterocycles. The molecule has 0 aliphatic rings. The van der Waals surface area contributed by atoms with E-state index in [4.69, 9.17) is 22.2 Å². The largest absolute Gasteiger partial charge is 0.247 e. The van der Waals surface area contributed by atoms with Crippen LogP contribution >= 0.6 is 22.2 Å². The lowest BCUT2D eigenvalue weighted by Crippen LogP contribution is -2.74. The second-order valence-electron chi connectivity index (χ2n) is 8.33. The third-order valence-electron chi connectivity index (χ3n) is 6.36. The molecule has 5 aromatic rings. The lowest BCUT2D eigenvalue weighted by Gasteiger charge is -2.34. The van der Waals surface area contributed by atoms with Gasteiger partial charge in [-0.3, -0.25) is 0 Å². The van der Waals surface area contributed by atoms with Gasteiger partial charge in [-0.15, -0.1) is 22.2 Å². The summed E-state index contributed by atoms with van der Waals surface area (Å²) >= 11 is 15.8. The second-order valence-corrected chi connectivity index (χ2v) is 17.7. The first kappa shape index (κ1) is 22.9. The summed E-state index contributed by atoms with van der Waals surface area (Å²) in [5.41, 5.74) is 0. The van der Waals surface area contributed by atoms with E-state index in [9.17, 15) is 0 Å². The Morgan fingerprint density at radius 1 is 0.294 bits per heavy atom. The van der Waals surface area contributed by atoms with E-state index in [1.807, 2.05) is 24.3 Å². The monoisotopic (exact) mass is 510 g/mol. The van der Waals surface area contributed by atoms with E-state index in [0.717, 1.165) is 31.1 Å². The molecule has 5 rings (SSSR count). The molecule has 0 N–H and O–H groups in total. The average Bonchev–Trinajstić information content (AvgIpc) is 2.94. The van der Waals surface area contributed by atoms with Crippen LogP contribution in [0.15, 0.2) is 146 Å². The Morgan fingerprint density at radius 2 is 0.500 bits per heavy atom. The first-order valence-electron chi connectivity index (χ1n) is 11.3. The van der Waals surface area contributed by atoms with Gasteiger partial charge in [-0.2, -0.15) is 0 Å². The normalized spacial score (nSPS) is 11.8. The Hall–Kier alpha value is -2.89. The van der Waals surface area contributed by atoms with Gasteiger partial charge in [0.05, 0.1) is 0 Å². The van der Waals surface area contributed by atoms with Crippen LogP contribution < -0.4 is 31.1 Å². The van der Waals surface area contributed by atoms with E-state index in [1.54, 1.807) is 0 Å². The number of benzene rings is 5. The van der Waals surface area contributed by atoms with Crippen molar-refractivity contribution in [1.82, 2.24) is 0 Å². The molecule has 166 valence electrons. The minimum Gasteiger partial charge on any atom is -0.149 e. The Morgan fingerprint density at radius 3 is 0.735 bits per heavy atom. The molecule has 0 spiro atoms. The van der Waals surface area contributed by atoms with Crippen LogP contribution in [0.3, 0.4) is 0 Å². The van der Waals surface area contributed by atoms with Crippen molar-refractivity contribution in [2.75, 3.05) is 0 Å². The van der Waals surface area contributed by atoms with Gasteiger partial charge in [0, 0.05) is 0 Å². The van der Waals surface area contributed by atoms with Gasteiger partial charge in [0.2, 0.25) is 14.8 Å². The van der Waals surface area contributed by atoms with Crippen molar-refractivity contribution in [1.29, 1.82) is 0 Å². The van der Waals surface area contributed by atoms with Crippen LogP contribution in [0.1, 0.15) is 0 Å². The molecule has 0 unspecified atom stereocenters. The van der Waals surface area contributed by atoms with Gasteiger partial charge in [-0.1, -0.05) is 146 Å². The lowest BCUT2D eigenvalue weighted by atomic mass is 10.3. The minimum absolute atomic E-state index is 1.16. The summed E-state index contributed by atoms with van der Waals surface area (Å²) in [5, 5.41) is 6.94. The third kappa shape index (κ3) is 3.97. The predicted molar refractivity (Wildman–Crippen MR) is 153 cm³/mol. The van der Waals surface area contributed by atoms with E-state index in [0.29, 0.717) is 0 Å². The van der Waals surface area contributed by atoms with Crippen molar-refractivity contribution in [2.24, 2.45) is 0 Å². The van der Waals surface area contributed by atoms with E-state index in [1.165, 1.54) is 0 Å². The summed E-state index contributed by atoms with van der Waals surface area (Å²) in [6.07, 6.45) is 0. The van der Waals surface area contributed by atoms with Gasteiger partial charge in [0.1, 0.15) is 0 Å². The molecular weight excluding hydrogens is 487 g/mol. The van der Waals surface area contributed by atoms with E-state index < -0.39 is 14.8 Å². The second kappa shape index (κ2) is 9.77. The Kier molecular flexibility index (Phi) is 6.58. The molecule has 5 aromatic carbocycles. The van der Waals surface area contributed by atoms with Crippen LogP contribution in [-0.2, 0) is 0 Å². The van der Waals surface area contributed by atoms with Crippen LogP contribution in [0.2, 0.25) is 0 Å². The maximum Gasteiger partial charge on any atom is 0.247 e. The van der Waals surface area contributed by atoms with Crippen molar-refractivity contribution in [2.45, 2.75) is 0 Å². The molecule has 0 atom stereocenters. The van der Waals surface area contributed by atoms with Crippen LogP contribution in [0.5, 0.6) is 0 Å². The third-order valence-corrected chi connectivity index (χ3v) is 17.3. The first-order valence-corrected chi connectivity index (χ1v) is 17.4. The highest BCUT2D eigenvalue weighted by Crippen LogP contribution is 2.16. The highest BCUT2D eigenvalue weighted by molar-refractivity contribution is 7.46. The van der Waals surface area contributed by atoms with Crippen molar-refractivity contribution >= 4 is 68.0 Å². The zero-order chi connectivity index (χ0) is 23.4. The molecule has 0 saturated heterocycles. The van der Waals surface area contributed by atoms with Crippen LogP contribution in [0.25, 0.3) is 0 Å². The number of hydrogen-bond donors (Lipinski definition) is 0. The molecule has 0 heterocycles. The van der Waals surface area contributed by atoms with E-state index >= 15 is 0 Å². The minimum atomic E-state index is -2.88. The highest BCUT2D eigenvalue weighted by Gasteiger charge is 2.46. The lowest BCUT2D eigenvalue weighted by molar-refractivity contribution is 1.70. The van der Waals surface area contributed by atoms with Crippen molar-refractivity contribution in [3.63, 3.8) is 0 Å². The van der Waals surface area contributed by atoms with Gasteiger partial charge in [-0.05, 0) is 31.1 Å². The van der Waals surface area contributed by atoms with Crippen molar-refractivity contribution < 1.29 is 0 Å². The van der Waals surface area contributed by atoms with Gasteiger partial charge in [0.25, 0.3) is 0 Å². The highest BCUT2D eigenvalue weighted by atomic mass is 35.6. The molecule has 0 nitrogen and oxygen atoms in total. The standard InChI is InChI=1S/C30H24Cl2Si2/c31-33(25-15-5-1-6-16-25,26-17-7-2-8-18-26)29-23-13-14-24-30(29)34(32,27-19-9-3-10-20-27)28-21-11-4-12-22-28/h1-24H. The quantitative estimate of drug-likeness (QED) is 0.183. The molecule has 0 amide bonds. The van der Waals surface area contributed by atoms with Gasteiger partial charge in [0.15, 0.2) is 0 Å². The van der Waals surface area contributed by atoms with Gasteiger partial charge in [-0.25, -0.2) is 0 Å².